The van der Waals surface area contributed by atoms with Gasteiger partial charge >= 0.3 is 12.3 Å². The van der Waals surface area contributed by atoms with E-state index in [1.165, 1.54) is 36.5 Å². The normalized spacial score (nSPS) is 11.1. The number of halogens is 3. The Balaban J connectivity index is 2.21. The number of esters is 1. The Morgan fingerprint density at radius 3 is 2.41 bits per heavy atom. The third-order valence-corrected chi connectivity index (χ3v) is 2.67. The summed E-state index contributed by atoms with van der Waals surface area (Å²) in [6.07, 6.45) is -3.29. The molecule has 22 heavy (non-hydrogen) atoms. The molecule has 2 aromatic rings. The fourth-order valence-corrected chi connectivity index (χ4v) is 1.78. The predicted molar refractivity (Wildman–Crippen MR) is 72.3 cm³/mol. The van der Waals surface area contributed by atoms with Gasteiger partial charge < -0.3 is 9.47 Å². The fraction of sp³-hybridized carbons (Fsp3) is 0.200. The zero-order valence-corrected chi connectivity index (χ0v) is 11.6. The summed E-state index contributed by atoms with van der Waals surface area (Å²) >= 11 is 0. The van der Waals surface area contributed by atoms with Crippen molar-refractivity contribution < 1.29 is 27.4 Å². The number of carbonyl (C=O) groups is 1. The minimum Gasteiger partial charge on any atom is -0.461 e. The lowest BCUT2D eigenvalue weighted by molar-refractivity contribution is -0.274. The van der Waals surface area contributed by atoms with Crippen LogP contribution in [0.25, 0.3) is 11.1 Å². The van der Waals surface area contributed by atoms with E-state index in [4.69, 9.17) is 4.74 Å². The van der Waals surface area contributed by atoms with Crippen LogP contribution in [0, 0.1) is 0 Å². The molecule has 4 nitrogen and oxygen atoms in total. The zero-order chi connectivity index (χ0) is 16.2. The van der Waals surface area contributed by atoms with Crippen LogP contribution in [0.1, 0.15) is 17.4 Å². The Morgan fingerprint density at radius 1 is 1.14 bits per heavy atom. The van der Waals surface area contributed by atoms with E-state index >= 15 is 0 Å². The Hall–Kier alpha value is -2.57. The van der Waals surface area contributed by atoms with Gasteiger partial charge in [0.1, 0.15) is 11.4 Å². The van der Waals surface area contributed by atoms with Crippen LogP contribution in [-0.4, -0.2) is 23.9 Å². The molecule has 0 aliphatic rings. The molecule has 0 amide bonds. The van der Waals surface area contributed by atoms with Crippen LogP contribution in [0.3, 0.4) is 0 Å². The molecule has 116 valence electrons. The molecule has 1 heterocycles. The van der Waals surface area contributed by atoms with Gasteiger partial charge in [-0.1, -0.05) is 12.1 Å². The van der Waals surface area contributed by atoms with Crippen molar-refractivity contribution in [3.05, 3.63) is 48.3 Å². The van der Waals surface area contributed by atoms with E-state index < -0.39 is 12.3 Å². The minimum absolute atomic E-state index is 0.134. The molecule has 1 aromatic heterocycles. The molecule has 2 rings (SSSR count). The van der Waals surface area contributed by atoms with E-state index in [-0.39, 0.29) is 18.1 Å². The smallest absolute Gasteiger partial charge is 0.461 e. The van der Waals surface area contributed by atoms with Gasteiger partial charge in [-0.2, -0.15) is 0 Å². The maximum absolute atomic E-state index is 12.1. The van der Waals surface area contributed by atoms with Gasteiger partial charge in [0, 0.05) is 6.20 Å². The first kappa shape index (κ1) is 15.8. The molecule has 0 N–H and O–H groups in total. The molecule has 0 saturated carbocycles. The first-order valence-corrected chi connectivity index (χ1v) is 6.38. The number of aromatic nitrogens is 1. The van der Waals surface area contributed by atoms with Crippen LogP contribution in [0.15, 0.2) is 42.6 Å². The Morgan fingerprint density at radius 2 is 1.82 bits per heavy atom. The lowest BCUT2D eigenvalue weighted by atomic mass is 10.1. The van der Waals surface area contributed by atoms with Crippen LogP contribution in [0.5, 0.6) is 5.75 Å². The average Bonchev–Trinajstić information content (AvgIpc) is 2.47. The van der Waals surface area contributed by atoms with Crippen LogP contribution in [-0.2, 0) is 4.74 Å². The van der Waals surface area contributed by atoms with E-state index in [9.17, 15) is 18.0 Å². The molecular formula is C15H12F3NO3. The molecule has 1 aromatic carbocycles. The van der Waals surface area contributed by atoms with E-state index in [0.29, 0.717) is 11.1 Å². The predicted octanol–water partition coefficient (Wildman–Crippen LogP) is 3.82. The van der Waals surface area contributed by atoms with E-state index in [1.807, 2.05) is 0 Å². The lowest BCUT2D eigenvalue weighted by Gasteiger charge is -2.09. The number of benzene rings is 1. The molecule has 0 unspecified atom stereocenters. The Bertz CT molecular complexity index is 654. The highest BCUT2D eigenvalue weighted by molar-refractivity contribution is 5.88. The van der Waals surface area contributed by atoms with Crippen LogP contribution >= 0.6 is 0 Å². The Labute approximate surface area is 124 Å². The van der Waals surface area contributed by atoms with Gasteiger partial charge in [0.15, 0.2) is 0 Å². The van der Waals surface area contributed by atoms with Crippen molar-refractivity contribution in [2.24, 2.45) is 0 Å². The second-order valence-corrected chi connectivity index (χ2v) is 4.22. The number of nitrogens with zero attached hydrogens (tertiary/aromatic N) is 1. The molecule has 0 fully saturated rings. The van der Waals surface area contributed by atoms with Crippen molar-refractivity contribution in [2.75, 3.05) is 6.61 Å². The molecule has 0 aliphatic heterocycles. The molecule has 7 heteroatoms. The standard InChI is InChI=1S/C15H12F3NO3/c1-2-21-14(20)13-9-11(7-8-19-13)10-3-5-12(6-4-10)22-15(16,17)18/h3-9H,2H2,1H3. The largest absolute Gasteiger partial charge is 0.573 e. The number of hydrogen-bond acceptors (Lipinski definition) is 4. The van der Waals surface area contributed by atoms with E-state index in [1.54, 1.807) is 13.0 Å². The number of pyridine rings is 1. The second kappa shape index (κ2) is 6.46. The number of carbonyl (C=O) groups excluding carboxylic acids is 1. The van der Waals surface area contributed by atoms with Crippen LogP contribution < -0.4 is 4.74 Å². The highest BCUT2D eigenvalue weighted by Crippen LogP contribution is 2.26. The summed E-state index contributed by atoms with van der Waals surface area (Å²) in [4.78, 5) is 15.5. The molecule has 0 atom stereocenters. The number of hydrogen-bond donors (Lipinski definition) is 0. The summed E-state index contributed by atoms with van der Waals surface area (Å²) < 4.78 is 44.9. The fourth-order valence-electron chi connectivity index (χ4n) is 1.78. The van der Waals surface area contributed by atoms with Crippen molar-refractivity contribution in [1.82, 2.24) is 4.98 Å². The highest BCUT2D eigenvalue weighted by atomic mass is 19.4. The molecule has 0 bridgehead atoms. The maximum atomic E-state index is 12.1. The summed E-state index contributed by atoms with van der Waals surface area (Å²) in [6.45, 7) is 1.91. The molecule has 0 saturated heterocycles. The van der Waals surface area contributed by atoms with Crippen molar-refractivity contribution in [3.8, 4) is 16.9 Å². The van der Waals surface area contributed by atoms with Gasteiger partial charge in [-0.05, 0) is 42.3 Å². The van der Waals surface area contributed by atoms with Crippen molar-refractivity contribution >= 4 is 5.97 Å². The zero-order valence-electron chi connectivity index (χ0n) is 11.6. The first-order valence-electron chi connectivity index (χ1n) is 6.38. The average molecular weight is 311 g/mol. The van der Waals surface area contributed by atoms with Crippen molar-refractivity contribution in [3.63, 3.8) is 0 Å². The number of ether oxygens (including phenoxy) is 2. The highest BCUT2D eigenvalue weighted by Gasteiger charge is 2.30. The van der Waals surface area contributed by atoms with Gasteiger partial charge in [0.25, 0.3) is 0 Å². The monoisotopic (exact) mass is 311 g/mol. The van der Waals surface area contributed by atoms with Crippen LogP contribution in [0.4, 0.5) is 13.2 Å². The van der Waals surface area contributed by atoms with Gasteiger partial charge in [-0.3, -0.25) is 0 Å². The molecule has 0 aliphatic carbocycles. The summed E-state index contributed by atoms with van der Waals surface area (Å²) in [7, 11) is 0. The summed E-state index contributed by atoms with van der Waals surface area (Å²) in [5.41, 5.74) is 1.40. The number of rotatable bonds is 4. The van der Waals surface area contributed by atoms with Crippen LogP contribution in [0.2, 0.25) is 0 Å². The van der Waals surface area contributed by atoms with Gasteiger partial charge in [-0.15, -0.1) is 13.2 Å². The quantitative estimate of drug-likeness (QED) is 0.805. The Kier molecular flexibility index (Phi) is 4.65. The summed E-state index contributed by atoms with van der Waals surface area (Å²) in [5, 5.41) is 0. The van der Waals surface area contributed by atoms with E-state index in [2.05, 4.69) is 9.72 Å². The second-order valence-electron chi connectivity index (χ2n) is 4.22. The molecule has 0 spiro atoms. The third kappa shape index (κ3) is 4.21. The third-order valence-electron chi connectivity index (χ3n) is 2.67. The summed E-state index contributed by atoms with van der Waals surface area (Å²) in [6, 6.07) is 8.48. The topological polar surface area (TPSA) is 48.4 Å². The molecule has 0 radical (unpaired) electrons. The minimum atomic E-state index is -4.73. The van der Waals surface area contributed by atoms with Gasteiger partial charge in [-0.25, -0.2) is 9.78 Å². The molecular weight excluding hydrogens is 299 g/mol. The first-order chi connectivity index (χ1) is 10.4. The summed E-state index contributed by atoms with van der Waals surface area (Å²) in [5.74, 6) is -0.864. The number of alkyl halides is 3. The van der Waals surface area contributed by atoms with Crippen molar-refractivity contribution in [1.29, 1.82) is 0 Å². The SMILES string of the molecule is CCOC(=O)c1cc(-c2ccc(OC(F)(F)F)cc2)ccn1. The lowest BCUT2D eigenvalue weighted by Crippen LogP contribution is -2.16. The van der Waals surface area contributed by atoms with Crippen molar-refractivity contribution in [2.45, 2.75) is 13.3 Å². The van der Waals surface area contributed by atoms with E-state index in [0.717, 1.165) is 0 Å². The van der Waals surface area contributed by atoms with Gasteiger partial charge in [0.2, 0.25) is 0 Å². The van der Waals surface area contributed by atoms with Gasteiger partial charge in [0.05, 0.1) is 6.61 Å². The maximum Gasteiger partial charge on any atom is 0.573 e.